The Morgan fingerprint density at radius 3 is 3.00 bits per heavy atom. The average Bonchev–Trinajstić information content (AvgIpc) is 2.89. The van der Waals surface area contributed by atoms with Gasteiger partial charge in [-0.2, -0.15) is 0 Å². The van der Waals surface area contributed by atoms with Crippen LogP contribution in [0.25, 0.3) is 0 Å². The van der Waals surface area contributed by atoms with Crippen LogP contribution in [0.1, 0.15) is 32.1 Å². The van der Waals surface area contributed by atoms with Gasteiger partial charge in [-0.15, -0.1) is 0 Å². The Bertz CT molecular complexity index is 264. The zero-order chi connectivity index (χ0) is 10.1. The van der Waals surface area contributed by atoms with E-state index in [9.17, 15) is 0 Å². The van der Waals surface area contributed by atoms with Gasteiger partial charge in [-0.3, -0.25) is 4.99 Å². The average molecular weight is 224 g/mol. The van der Waals surface area contributed by atoms with Crippen LogP contribution in [-0.2, 0) is 0 Å². The highest BCUT2D eigenvalue weighted by molar-refractivity contribution is 8.13. The maximum Gasteiger partial charge on any atom is 0.156 e. The Morgan fingerprint density at radius 1 is 1.33 bits per heavy atom. The Kier molecular flexibility index (Phi) is 2.91. The van der Waals surface area contributed by atoms with E-state index in [1.807, 2.05) is 11.8 Å². The topological polar surface area (TPSA) is 24.4 Å². The minimum Gasteiger partial charge on any atom is -0.365 e. The van der Waals surface area contributed by atoms with Gasteiger partial charge in [0.25, 0.3) is 0 Å². The van der Waals surface area contributed by atoms with Crippen LogP contribution < -0.4 is 5.32 Å². The third-order valence-corrected chi connectivity index (χ3v) is 5.24. The summed E-state index contributed by atoms with van der Waals surface area (Å²) >= 11 is 1.91. The first-order valence-electron chi connectivity index (χ1n) is 6.33. The van der Waals surface area contributed by atoms with Crippen molar-refractivity contribution in [3.63, 3.8) is 0 Å². The molecule has 2 saturated carbocycles. The number of hydrogen-bond acceptors (Lipinski definition) is 3. The number of aliphatic imine (C=N–C) groups is 1. The van der Waals surface area contributed by atoms with Crippen LogP contribution in [0.2, 0.25) is 0 Å². The number of fused-ring (bicyclic) bond motifs is 2. The van der Waals surface area contributed by atoms with Gasteiger partial charge in [0, 0.05) is 18.8 Å². The molecule has 0 aromatic heterocycles. The van der Waals surface area contributed by atoms with Crippen molar-refractivity contribution in [2.45, 2.75) is 32.1 Å². The molecule has 0 radical (unpaired) electrons. The first kappa shape index (κ1) is 10.0. The van der Waals surface area contributed by atoms with E-state index in [-0.39, 0.29) is 0 Å². The fourth-order valence-electron chi connectivity index (χ4n) is 3.41. The molecule has 0 aromatic carbocycles. The predicted octanol–water partition coefficient (Wildman–Crippen LogP) is 2.51. The molecule has 1 aliphatic heterocycles. The van der Waals surface area contributed by atoms with E-state index in [1.165, 1.54) is 49.6 Å². The number of rotatable bonds is 2. The lowest BCUT2D eigenvalue weighted by Gasteiger charge is -2.23. The SMILES string of the molecule is C1CN=C(NCC2CC3CCC2C3)SC1. The third kappa shape index (κ3) is 2.17. The smallest absolute Gasteiger partial charge is 0.156 e. The lowest BCUT2D eigenvalue weighted by atomic mass is 9.89. The van der Waals surface area contributed by atoms with Gasteiger partial charge in [-0.05, 0) is 43.4 Å². The van der Waals surface area contributed by atoms with Gasteiger partial charge in [0.05, 0.1) is 0 Å². The summed E-state index contributed by atoms with van der Waals surface area (Å²) in [7, 11) is 0. The summed E-state index contributed by atoms with van der Waals surface area (Å²) in [5, 5.41) is 4.77. The zero-order valence-electron chi connectivity index (χ0n) is 9.24. The third-order valence-electron chi connectivity index (χ3n) is 4.20. The molecule has 2 fully saturated rings. The second-order valence-corrected chi connectivity index (χ2v) is 6.29. The maximum atomic E-state index is 4.52. The van der Waals surface area contributed by atoms with Crippen molar-refractivity contribution in [1.29, 1.82) is 0 Å². The van der Waals surface area contributed by atoms with Gasteiger partial charge in [0.2, 0.25) is 0 Å². The van der Waals surface area contributed by atoms with E-state index < -0.39 is 0 Å². The predicted molar refractivity (Wildman–Crippen MR) is 66.3 cm³/mol. The first-order chi connectivity index (χ1) is 7.42. The highest BCUT2D eigenvalue weighted by Gasteiger charge is 2.39. The van der Waals surface area contributed by atoms with Crippen LogP contribution in [0, 0.1) is 17.8 Å². The molecule has 0 saturated heterocycles. The molecule has 3 unspecified atom stereocenters. The summed E-state index contributed by atoms with van der Waals surface area (Å²) in [6.45, 7) is 2.22. The van der Waals surface area contributed by atoms with Crippen LogP contribution in [0.4, 0.5) is 0 Å². The van der Waals surface area contributed by atoms with Crippen molar-refractivity contribution in [2.75, 3.05) is 18.8 Å². The van der Waals surface area contributed by atoms with Crippen molar-refractivity contribution in [2.24, 2.45) is 22.7 Å². The molecule has 3 heteroatoms. The highest BCUT2D eigenvalue weighted by Crippen LogP contribution is 2.47. The molecule has 1 heterocycles. The summed E-state index contributed by atoms with van der Waals surface area (Å²) in [5.41, 5.74) is 0. The summed E-state index contributed by atoms with van der Waals surface area (Å²) < 4.78 is 0. The van der Waals surface area contributed by atoms with Gasteiger partial charge < -0.3 is 5.32 Å². The first-order valence-corrected chi connectivity index (χ1v) is 7.31. The van der Waals surface area contributed by atoms with Crippen molar-refractivity contribution in [3.8, 4) is 0 Å². The molecular formula is C12H20N2S. The van der Waals surface area contributed by atoms with Crippen LogP contribution in [0.5, 0.6) is 0 Å². The molecular weight excluding hydrogens is 204 g/mol. The largest absolute Gasteiger partial charge is 0.365 e. The Balaban J connectivity index is 1.48. The zero-order valence-corrected chi connectivity index (χ0v) is 10.1. The Morgan fingerprint density at radius 2 is 2.33 bits per heavy atom. The molecule has 0 spiro atoms. The number of hydrogen-bond donors (Lipinski definition) is 1. The van der Waals surface area contributed by atoms with Gasteiger partial charge in [-0.25, -0.2) is 0 Å². The molecule has 3 aliphatic rings. The minimum absolute atomic E-state index is 0.953. The number of nitrogens with one attached hydrogen (secondary N) is 1. The normalized spacial score (nSPS) is 39.2. The summed E-state index contributed by atoms with van der Waals surface area (Å²) in [5.74, 6) is 4.32. The van der Waals surface area contributed by atoms with Crippen molar-refractivity contribution in [3.05, 3.63) is 0 Å². The Labute approximate surface area is 96.3 Å². The molecule has 0 aromatic rings. The van der Waals surface area contributed by atoms with Crippen LogP contribution in [0.3, 0.4) is 0 Å². The second kappa shape index (κ2) is 4.36. The summed E-state index contributed by atoms with van der Waals surface area (Å²) in [6, 6.07) is 0. The highest BCUT2D eigenvalue weighted by atomic mass is 32.2. The number of nitrogens with zero attached hydrogens (tertiary/aromatic N) is 1. The second-order valence-electron chi connectivity index (χ2n) is 5.20. The van der Waals surface area contributed by atoms with Gasteiger partial charge in [-0.1, -0.05) is 18.2 Å². The molecule has 2 aliphatic carbocycles. The summed E-state index contributed by atoms with van der Waals surface area (Å²) in [4.78, 5) is 4.52. The van der Waals surface area contributed by atoms with Gasteiger partial charge in [0.1, 0.15) is 0 Å². The molecule has 1 N–H and O–H groups in total. The lowest BCUT2D eigenvalue weighted by molar-refractivity contribution is 0.332. The molecule has 15 heavy (non-hydrogen) atoms. The molecule has 3 atom stereocenters. The van der Waals surface area contributed by atoms with Crippen molar-refractivity contribution >= 4 is 16.9 Å². The van der Waals surface area contributed by atoms with E-state index in [1.54, 1.807) is 0 Å². The molecule has 0 amide bonds. The van der Waals surface area contributed by atoms with Crippen molar-refractivity contribution < 1.29 is 0 Å². The van der Waals surface area contributed by atoms with E-state index in [2.05, 4.69) is 10.3 Å². The van der Waals surface area contributed by atoms with Crippen molar-refractivity contribution in [1.82, 2.24) is 5.32 Å². The van der Waals surface area contributed by atoms with E-state index in [0.29, 0.717) is 0 Å². The minimum atomic E-state index is 0.953. The quantitative estimate of drug-likeness (QED) is 0.779. The fourth-order valence-corrected chi connectivity index (χ4v) is 4.25. The summed E-state index contributed by atoms with van der Waals surface area (Å²) in [6.07, 6.45) is 7.26. The molecule has 2 bridgehead atoms. The van der Waals surface area contributed by atoms with Crippen LogP contribution in [0.15, 0.2) is 4.99 Å². The number of thioether (sulfide) groups is 1. The van der Waals surface area contributed by atoms with E-state index in [4.69, 9.17) is 0 Å². The fraction of sp³-hybridized carbons (Fsp3) is 0.917. The molecule has 84 valence electrons. The van der Waals surface area contributed by atoms with Crippen LogP contribution >= 0.6 is 11.8 Å². The van der Waals surface area contributed by atoms with E-state index in [0.717, 1.165) is 24.3 Å². The van der Waals surface area contributed by atoms with Gasteiger partial charge >= 0.3 is 0 Å². The number of amidine groups is 1. The lowest BCUT2D eigenvalue weighted by Crippen LogP contribution is -2.31. The van der Waals surface area contributed by atoms with Gasteiger partial charge in [0.15, 0.2) is 5.17 Å². The standard InChI is InChI=1S/C12H20N2S/c1-4-13-12(15-5-1)14-8-11-7-9-2-3-10(11)6-9/h9-11H,1-8H2,(H,13,14). The van der Waals surface area contributed by atoms with Crippen LogP contribution in [-0.4, -0.2) is 24.0 Å². The Hall–Kier alpha value is -0.180. The van der Waals surface area contributed by atoms with E-state index >= 15 is 0 Å². The monoisotopic (exact) mass is 224 g/mol. The molecule has 3 rings (SSSR count). The molecule has 2 nitrogen and oxygen atoms in total. The maximum absolute atomic E-state index is 4.52.